The highest BCUT2D eigenvalue weighted by atomic mass is 16.6. The van der Waals surface area contributed by atoms with E-state index in [1.807, 2.05) is 87.4 Å². The van der Waals surface area contributed by atoms with Gasteiger partial charge in [0.05, 0.1) is 17.3 Å². The third-order valence-electron chi connectivity index (χ3n) is 5.59. The molecular weight excluding hydrogens is 390 g/mol. The highest BCUT2D eigenvalue weighted by Crippen LogP contribution is 2.33. The van der Waals surface area contributed by atoms with Crippen molar-refractivity contribution in [3.63, 3.8) is 0 Å². The molecule has 2 aromatic carbocycles. The number of nitrogens with zero attached hydrogens (tertiary/aromatic N) is 5. The molecule has 7 nitrogen and oxygen atoms in total. The Morgan fingerprint density at radius 2 is 1.81 bits per heavy atom. The van der Waals surface area contributed by atoms with Gasteiger partial charge in [-0.3, -0.25) is 0 Å². The van der Waals surface area contributed by atoms with Crippen molar-refractivity contribution >= 4 is 17.7 Å². The van der Waals surface area contributed by atoms with E-state index in [4.69, 9.17) is 4.84 Å². The quantitative estimate of drug-likeness (QED) is 0.589. The van der Waals surface area contributed by atoms with Gasteiger partial charge >= 0.3 is 0 Å². The summed E-state index contributed by atoms with van der Waals surface area (Å²) >= 11 is 0. The normalized spacial score (nSPS) is 22.7. The van der Waals surface area contributed by atoms with Crippen molar-refractivity contribution in [2.24, 2.45) is 10.3 Å². The van der Waals surface area contributed by atoms with E-state index in [1.54, 1.807) is 11.0 Å². The van der Waals surface area contributed by atoms with Crippen LogP contribution in [0.3, 0.4) is 0 Å². The van der Waals surface area contributed by atoms with Crippen molar-refractivity contribution in [2.75, 3.05) is 20.7 Å². The number of benzene rings is 2. The second-order valence-electron chi connectivity index (χ2n) is 7.54. The van der Waals surface area contributed by atoms with Crippen molar-refractivity contribution in [3.8, 4) is 6.07 Å². The van der Waals surface area contributed by atoms with Gasteiger partial charge in [-0.1, -0.05) is 58.8 Å². The molecule has 1 fully saturated rings. The maximum absolute atomic E-state index is 10.0. The van der Waals surface area contributed by atoms with Crippen LogP contribution in [0.5, 0.6) is 0 Å². The smallest absolute Gasteiger partial charge is 0.192 e. The molecule has 1 saturated heterocycles. The van der Waals surface area contributed by atoms with E-state index < -0.39 is 5.54 Å². The van der Waals surface area contributed by atoms with Gasteiger partial charge in [-0.25, -0.2) is 0 Å². The van der Waals surface area contributed by atoms with Crippen LogP contribution in [0.2, 0.25) is 0 Å². The number of rotatable bonds is 5. The fourth-order valence-electron chi connectivity index (χ4n) is 3.81. The van der Waals surface area contributed by atoms with Crippen LogP contribution < -0.4 is 0 Å². The summed E-state index contributed by atoms with van der Waals surface area (Å²) in [5.74, 6) is 1.05. The van der Waals surface area contributed by atoms with Crippen LogP contribution in [0.15, 0.2) is 70.6 Å². The second-order valence-corrected chi connectivity index (χ2v) is 7.54. The summed E-state index contributed by atoms with van der Waals surface area (Å²) in [6, 6.07) is 19.6. The summed E-state index contributed by atoms with van der Waals surface area (Å²) in [4.78, 5) is 9.20. The van der Waals surface area contributed by atoms with Crippen molar-refractivity contribution in [3.05, 3.63) is 77.0 Å². The Morgan fingerprint density at radius 3 is 2.45 bits per heavy atom. The zero-order valence-electron chi connectivity index (χ0n) is 18.3. The molecule has 0 radical (unpaired) electrons. The molecule has 3 rings (SSSR count). The van der Waals surface area contributed by atoms with Crippen LogP contribution in [0.4, 0.5) is 0 Å². The monoisotopic (exact) mass is 417 g/mol. The molecule has 0 spiro atoms. The number of oxime groups is 2. The number of likely N-dealkylation sites (N-methyl/N-ethyl adjacent to an activating group) is 2. The molecule has 0 aliphatic carbocycles. The lowest BCUT2D eigenvalue weighted by molar-refractivity contribution is 0.146. The molecule has 0 saturated carbocycles. The fourth-order valence-corrected chi connectivity index (χ4v) is 3.81. The van der Waals surface area contributed by atoms with Gasteiger partial charge in [-0.05, 0) is 37.1 Å². The van der Waals surface area contributed by atoms with Gasteiger partial charge in [0, 0.05) is 20.5 Å². The van der Waals surface area contributed by atoms with Crippen LogP contribution in [-0.2, 0) is 11.3 Å². The van der Waals surface area contributed by atoms with E-state index in [2.05, 4.69) is 16.4 Å². The minimum atomic E-state index is -0.688. The van der Waals surface area contributed by atoms with Gasteiger partial charge < -0.3 is 19.8 Å². The first kappa shape index (κ1) is 21.9. The number of amidine groups is 2. The lowest BCUT2D eigenvalue weighted by Gasteiger charge is -2.49. The maximum Gasteiger partial charge on any atom is 0.192 e. The largest absolute Gasteiger partial charge is 0.409 e. The molecule has 1 unspecified atom stereocenters. The number of hydrogen-bond acceptors (Lipinski definition) is 5. The SMILES string of the molecule is CCON=C1/C(=C/c2ccccc2C#N)N(C)/C(=N\O)C(C)(Cc2ccccc2)N1C. The van der Waals surface area contributed by atoms with Crippen LogP contribution >= 0.6 is 0 Å². The van der Waals surface area contributed by atoms with Crippen LogP contribution in [0.25, 0.3) is 6.08 Å². The Labute approximate surface area is 183 Å². The predicted octanol–water partition coefficient (Wildman–Crippen LogP) is 3.92. The molecule has 1 atom stereocenters. The molecule has 0 bridgehead atoms. The number of hydrogen-bond donors (Lipinski definition) is 1. The fraction of sp³-hybridized carbons (Fsp3) is 0.292. The Morgan fingerprint density at radius 1 is 1.13 bits per heavy atom. The van der Waals surface area contributed by atoms with Crippen molar-refractivity contribution < 1.29 is 10.0 Å². The standard InChI is InChI=1S/C24H27N5O2/c1-5-31-27-22-21(15-19-13-9-10-14-20(19)17-25)28(3)23(26-30)24(2,29(22)4)16-18-11-7-6-8-12-18/h6-15,30H,5,16H2,1-4H3/b21-15-,26-23-,27-22?. The van der Waals surface area contributed by atoms with E-state index in [1.165, 1.54) is 0 Å². The molecule has 0 amide bonds. The lowest BCUT2D eigenvalue weighted by atomic mass is 9.86. The highest BCUT2D eigenvalue weighted by molar-refractivity contribution is 6.12. The first-order chi connectivity index (χ1) is 15.0. The summed E-state index contributed by atoms with van der Waals surface area (Å²) in [5.41, 5.74) is 2.36. The summed E-state index contributed by atoms with van der Waals surface area (Å²) in [7, 11) is 3.73. The maximum atomic E-state index is 10.0. The average Bonchev–Trinajstić information content (AvgIpc) is 2.78. The second kappa shape index (κ2) is 9.35. The molecule has 1 aliphatic heterocycles. The molecule has 1 N–H and O–H groups in total. The Kier molecular flexibility index (Phi) is 6.61. The molecule has 1 heterocycles. The van der Waals surface area contributed by atoms with Crippen molar-refractivity contribution in [1.29, 1.82) is 5.26 Å². The molecule has 7 heteroatoms. The van der Waals surface area contributed by atoms with E-state index in [-0.39, 0.29) is 0 Å². The third-order valence-corrected chi connectivity index (χ3v) is 5.59. The van der Waals surface area contributed by atoms with Crippen LogP contribution in [0.1, 0.15) is 30.5 Å². The van der Waals surface area contributed by atoms with E-state index in [0.717, 1.165) is 11.1 Å². The number of piperazine rings is 1. The van der Waals surface area contributed by atoms with Crippen molar-refractivity contribution in [1.82, 2.24) is 9.80 Å². The summed E-state index contributed by atoms with van der Waals surface area (Å²) in [6.45, 7) is 4.29. The zero-order valence-corrected chi connectivity index (χ0v) is 18.3. The first-order valence-corrected chi connectivity index (χ1v) is 10.1. The van der Waals surface area contributed by atoms with Gasteiger partial charge in [-0.2, -0.15) is 5.26 Å². The zero-order chi connectivity index (χ0) is 22.4. The first-order valence-electron chi connectivity index (χ1n) is 10.1. The van der Waals surface area contributed by atoms with E-state index in [0.29, 0.717) is 36.0 Å². The molecule has 0 aromatic heterocycles. The molecule has 160 valence electrons. The van der Waals surface area contributed by atoms with Gasteiger partial charge in [0.25, 0.3) is 0 Å². The van der Waals surface area contributed by atoms with Crippen LogP contribution in [0, 0.1) is 11.3 Å². The molecule has 1 aliphatic rings. The van der Waals surface area contributed by atoms with E-state index in [9.17, 15) is 10.5 Å². The van der Waals surface area contributed by atoms with Gasteiger partial charge in [0.2, 0.25) is 0 Å². The minimum absolute atomic E-state index is 0.416. The lowest BCUT2D eigenvalue weighted by Crippen LogP contribution is -2.64. The summed E-state index contributed by atoms with van der Waals surface area (Å²) in [6.07, 6.45) is 2.46. The Bertz CT molecular complexity index is 1060. The molecule has 2 aromatic rings. The van der Waals surface area contributed by atoms with Gasteiger partial charge in [0.1, 0.15) is 12.1 Å². The topological polar surface area (TPSA) is 84.4 Å². The summed E-state index contributed by atoms with van der Waals surface area (Å²) < 4.78 is 0. The van der Waals surface area contributed by atoms with Crippen molar-refractivity contribution in [2.45, 2.75) is 25.8 Å². The predicted molar refractivity (Wildman–Crippen MR) is 121 cm³/mol. The number of nitriles is 1. The third kappa shape index (κ3) is 4.24. The average molecular weight is 418 g/mol. The van der Waals surface area contributed by atoms with Gasteiger partial charge in [0.15, 0.2) is 11.7 Å². The Balaban J connectivity index is 2.15. The molecule has 31 heavy (non-hydrogen) atoms. The highest BCUT2D eigenvalue weighted by Gasteiger charge is 2.47. The molecular formula is C24H27N5O2. The summed E-state index contributed by atoms with van der Waals surface area (Å²) in [5, 5.41) is 27.6. The van der Waals surface area contributed by atoms with Crippen LogP contribution in [-0.4, -0.2) is 52.9 Å². The van der Waals surface area contributed by atoms with Gasteiger partial charge in [-0.15, -0.1) is 0 Å². The minimum Gasteiger partial charge on any atom is -0.409 e. The van der Waals surface area contributed by atoms with E-state index >= 15 is 0 Å². The Hall–Kier alpha value is -3.79.